The first kappa shape index (κ1) is 22.8. The van der Waals surface area contributed by atoms with Gasteiger partial charge in [-0.1, -0.05) is 0 Å². The molecule has 0 aromatic heterocycles. The quantitative estimate of drug-likeness (QED) is 0.649. The van der Waals surface area contributed by atoms with E-state index in [1.807, 2.05) is 24.3 Å². The molecule has 1 heterocycles. The molecule has 0 unspecified atom stereocenters. The van der Waals surface area contributed by atoms with Crippen molar-refractivity contribution >= 4 is 0 Å². The summed E-state index contributed by atoms with van der Waals surface area (Å²) in [6.45, 7) is 5.36. The number of rotatable bonds is 9. The fourth-order valence-electron chi connectivity index (χ4n) is 3.89. The predicted octanol–water partition coefficient (Wildman–Crippen LogP) is 2.75. The maximum absolute atomic E-state index is 10.1. The fraction of sp³-hybridized carbons (Fsp3) is 0.478. The van der Waals surface area contributed by atoms with Gasteiger partial charge in [0.1, 0.15) is 0 Å². The maximum atomic E-state index is 10.1. The Hall–Kier alpha value is -2.84. The van der Waals surface area contributed by atoms with Crippen LogP contribution in [0.2, 0.25) is 0 Å². The molecule has 0 atom stereocenters. The van der Waals surface area contributed by atoms with Crippen molar-refractivity contribution in [3.05, 3.63) is 35.4 Å². The van der Waals surface area contributed by atoms with Crippen molar-refractivity contribution in [2.45, 2.75) is 13.1 Å². The molecule has 1 aliphatic rings. The first-order valence-corrected chi connectivity index (χ1v) is 10.2. The lowest BCUT2D eigenvalue weighted by Gasteiger charge is -2.35. The Morgan fingerprint density at radius 1 is 0.613 bits per heavy atom. The number of ether oxygens (including phenoxy) is 5. The van der Waals surface area contributed by atoms with Gasteiger partial charge in [0, 0.05) is 39.3 Å². The molecule has 0 aliphatic carbocycles. The van der Waals surface area contributed by atoms with Gasteiger partial charge in [0.25, 0.3) is 0 Å². The monoisotopic (exact) mass is 432 g/mol. The summed E-state index contributed by atoms with van der Waals surface area (Å²) in [5.41, 5.74) is 2.17. The third-order valence-corrected chi connectivity index (χ3v) is 5.54. The molecule has 1 saturated heterocycles. The van der Waals surface area contributed by atoms with Crippen LogP contribution in [0.4, 0.5) is 0 Å². The van der Waals surface area contributed by atoms with Crippen LogP contribution in [0, 0.1) is 0 Å². The Balaban J connectivity index is 1.62. The predicted molar refractivity (Wildman–Crippen MR) is 118 cm³/mol. The van der Waals surface area contributed by atoms with Crippen molar-refractivity contribution < 1.29 is 28.8 Å². The van der Waals surface area contributed by atoms with Gasteiger partial charge in [-0.15, -0.1) is 0 Å². The normalized spacial score (nSPS) is 14.9. The summed E-state index contributed by atoms with van der Waals surface area (Å²) < 4.78 is 26.9. The topological polar surface area (TPSA) is 72.9 Å². The molecule has 1 aliphatic heterocycles. The van der Waals surface area contributed by atoms with E-state index in [-0.39, 0.29) is 5.75 Å². The number of hydrogen-bond donors (Lipinski definition) is 1. The number of hydrogen-bond acceptors (Lipinski definition) is 8. The van der Waals surface area contributed by atoms with Crippen LogP contribution in [0.3, 0.4) is 0 Å². The average Bonchev–Trinajstić information content (AvgIpc) is 2.80. The number of benzene rings is 2. The van der Waals surface area contributed by atoms with Crippen LogP contribution >= 0.6 is 0 Å². The van der Waals surface area contributed by atoms with Gasteiger partial charge in [-0.3, -0.25) is 9.80 Å². The molecule has 0 amide bonds. The van der Waals surface area contributed by atoms with Crippen molar-refractivity contribution in [1.82, 2.24) is 9.80 Å². The Morgan fingerprint density at radius 2 is 0.968 bits per heavy atom. The van der Waals surface area contributed by atoms with E-state index in [1.54, 1.807) is 35.5 Å². The van der Waals surface area contributed by atoms with Gasteiger partial charge in [-0.2, -0.15) is 0 Å². The second kappa shape index (κ2) is 10.5. The van der Waals surface area contributed by atoms with Crippen LogP contribution in [-0.4, -0.2) is 76.6 Å². The first-order valence-electron chi connectivity index (χ1n) is 10.2. The van der Waals surface area contributed by atoms with Crippen LogP contribution in [0.1, 0.15) is 11.1 Å². The lowest BCUT2D eigenvalue weighted by Crippen LogP contribution is -2.45. The molecule has 0 spiro atoms. The minimum atomic E-state index is 0.0314. The molecule has 8 nitrogen and oxygen atoms in total. The SMILES string of the molecule is COc1cc(CN2CCN(Cc3cc(OC)c(OC)c(OC)c3)CC2)cc(OC)c1O. The molecule has 0 radical (unpaired) electrons. The molecule has 2 aromatic rings. The smallest absolute Gasteiger partial charge is 0.203 e. The molecular formula is C23H32N2O6. The zero-order chi connectivity index (χ0) is 22.4. The van der Waals surface area contributed by atoms with Crippen LogP contribution in [0.25, 0.3) is 0 Å². The first-order chi connectivity index (χ1) is 15.0. The third-order valence-electron chi connectivity index (χ3n) is 5.54. The minimum Gasteiger partial charge on any atom is -0.502 e. The van der Waals surface area contributed by atoms with Crippen LogP contribution in [-0.2, 0) is 13.1 Å². The summed E-state index contributed by atoms with van der Waals surface area (Å²) in [5, 5.41) is 10.1. The number of phenols is 1. The highest BCUT2D eigenvalue weighted by Gasteiger charge is 2.20. The van der Waals surface area contributed by atoms with Crippen LogP contribution < -0.4 is 23.7 Å². The van der Waals surface area contributed by atoms with Gasteiger partial charge in [-0.25, -0.2) is 0 Å². The Morgan fingerprint density at radius 3 is 1.29 bits per heavy atom. The van der Waals surface area contributed by atoms with Gasteiger partial charge >= 0.3 is 0 Å². The van der Waals surface area contributed by atoms with E-state index in [1.165, 1.54) is 0 Å². The Labute approximate surface area is 183 Å². The Kier molecular flexibility index (Phi) is 7.70. The molecule has 0 saturated carbocycles. The van der Waals surface area contributed by atoms with E-state index < -0.39 is 0 Å². The van der Waals surface area contributed by atoms with Crippen molar-refractivity contribution in [2.75, 3.05) is 61.7 Å². The van der Waals surface area contributed by atoms with E-state index in [0.717, 1.165) is 50.4 Å². The summed E-state index contributed by atoms with van der Waals surface area (Å²) in [7, 11) is 7.96. The molecule has 0 bridgehead atoms. The fourth-order valence-corrected chi connectivity index (χ4v) is 3.89. The molecular weight excluding hydrogens is 400 g/mol. The van der Waals surface area contributed by atoms with Gasteiger partial charge in [0.05, 0.1) is 35.5 Å². The third kappa shape index (κ3) is 5.26. The van der Waals surface area contributed by atoms with Crippen molar-refractivity contribution in [2.24, 2.45) is 0 Å². The van der Waals surface area contributed by atoms with Gasteiger partial charge in [0.2, 0.25) is 11.5 Å². The van der Waals surface area contributed by atoms with E-state index in [2.05, 4.69) is 9.80 Å². The minimum absolute atomic E-state index is 0.0314. The molecule has 8 heteroatoms. The van der Waals surface area contributed by atoms with Crippen LogP contribution in [0.5, 0.6) is 34.5 Å². The van der Waals surface area contributed by atoms with E-state index in [0.29, 0.717) is 28.7 Å². The summed E-state index contributed by atoms with van der Waals surface area (Å²) in [5.74, 6) is 2.84. The van der Waals surface area contributed by atoms with Gasteiger partial charge in [-0.05, 0) is 35.4 Å². The highest BCUT2D eigenvalue weighted by Crippen LogP contribution is 2.39. The average molecular weight is 433 g/mol. The summed E-state index contributed by atoms with van der Waals surface area (Å²) in [6, 6.07) is 7.73. The van der Waals surface area contributed by atoms with Gasteiger partial charge in [0.15, 0.2) is 23.0 Å². The molecule has 170 valence electrons. The second-order valence-corrected chi connectivity index (χ2v) is 7.43. The number of methoxy groups -OCH3 is 5. The van der Waals surface area contributed by atoms with Crippen LogP contribution in [0.15, 0.2) is 24.3 Å². The second-order valence-electron chi connectivity index (χ2n) is 7.43. The Bertz CT molecular complexity index is 830. The molecule has 1 N–H and O–H groups in total. The molecule has 1 fully saturated rings. The molecule has 2 aromatic carbocycles. The standard InChI is InChI=1S/C23H32N2O6/c1-27-18-10-16(11-19(28-2)22(18)26)14-24-6-8-25(9-7-24)15-17-12-20(29-3)23(31-5)21(13-17)30-4/h10-13,26H,6-9,14-15H2,1-5H3. The molecule has 31 heavy (non-hydrogen) atoms. The zero-order valence-corrected chi connectivity index (χ0v) is 18.9. The molecule has 3 rings (SSSR count). The highest BCUT2D eigenvalue weighted by atomic mass is 16.5. The van der Waals surface area contributed by atoms with Crippen molar-refractivity contribution in [1.29, 1.82) is 0 Å². The van der Waals surface area contributed by atoms with Crippen molar-refractivity contribution in [3.63, 3.8) is 0 Å². The summed E-state index contributed by atoms with van der Waals surface area (Å²) in [4.78, 5) is 4.80. The summed E-state index contributed by atoms with van der Waals surface area (Å²) >= 11 is 0. The van der Waals surface area contributed by atoms with E-state index >= 15 is 0 Å². The van der Waals surface area contributed by atoms with E-state index in [9.17, 15) is 5.11 Å². The largest absolute Gasteiger partial charge is 0.502 e. The van der Waals surface area contributed by atoms with Crippen molar-refractivity contribution in [3.8, 4) is 34.5 Å². The lowest BCUT2D eigenvalue weighted by atomic mass is 10.1. The number of nitrogens with zero attached hydrogens (tertiary/aromatic N) is 2. The number of phenolic OH excluding ortho intramolecular Hbond substituents is 1. The van der Waals surface area contributed by atoms with Gasteiger partial charge < -0.3 is 28.8 Å². The maximum Gasteiger partial charge on any atom is 0.203 e. The highest BCUT2D eigenvalue weighted by molar-refractivity contribution is 5.54. The number of piperazine rings is 1. The van der Waals surface area contributed by atoms with E-state index in [4.69, 9.17) is 23.7 Å². The summed E-state index contributed by atoms with van der Waals surface area (Å²) in [6.07, 6.45) is 0. The zero-order valence-electron chi connectivity index (χ0n) is 18.9. The number of aromatic hydroxyl groups is 1. The lowest BCUT2D eigenvalue weighted by molar-refractivity contribution is 0.121.